The van der Waals surface area contributed by atoms with Crippen molar-refractivity contribution in [2.24, 2.45) is 0 Å². The number of halogens is 1. The molecule has 2 aromatic carbocycles. The summed E-state index contributed by atoms with van der Waals surface area (Å²) in [6, 6.07) is 17.6. The van der Waals surface area contributed by atoms with Crippen molar-refractivity contribution in [1.29, 1.82) is 0 Å². The molecule has 0 saturated carbocycles. The van der Waals surface area contributed by atoms with Gasteiger partial charge in [0.05, 0.1) is 15.6 Å². The average molecular weight is 472 g/mol. The number of nitro benzene ring substituents is 1. The van der Waals surface area contributed by atoms with Gasteiger partial charge in [-0.15, -0.1) is 21.5 Å². The molecule has 0 radical (unpaired) electrons. The number of hydrogen-bond donors (Lipinski definition) is 1. The lowest BCUT2D eigenvalue weighted by atomic mass is 10.2. The van der Waals surface area contributed by atoms with E-state index in [0.29, 0.717) is 11.0 Å². The lowest BCUT2D eigenvalue weighted by Crippen LogP contribution is -2.15. The van der Waals surface area contributed by atoms with E-state index in [1.54, 1.807) is 11.3 Å². The second kappa shape index (κ2) is 9.29. The van der Waals surface area contributed by atoms with E-state index in [2.05, 4.69) is 15.5 Å². The van der Waals surface area contributed by atoms with Gasteiger partial charge in [0.15, 0.2) is 11.0 Å². The van der Waals surface area contributed by atoms with E-state index in [4.69, 9.17) is 11.6 Å². The van der Waals surface area contributed by atoms with Crippen LogP contribution in [0.15, 0.2) is 71.2 Å². The quantitative estimate of drug-likeness (QED) is 0.223. The van der Waals surface area contributed by atoms with Crippen LogP contribution >= 0.6 is 34.7 Å². The first-order valence-corrected chi connectivity index (χ1v) is 11.2. The third kappa shape index (κ3) is 4.76. The molecule has 0 aliphatic carbocycles. The third-order valence-corrected chi connectivity index (χ3v) is 6.18. The lowest BCUT2D eigenvalue weighted by molar-refractivity contribution is -0.383. The Labute approximate surface area is 190 Å². The van der Waals surface area contributed by atoms with Crippen LogP contribution in [0.3, 0.4) is 0 Å². The zero-order valence-corrected chi connectivity index (χ0v) is 18.2. The first kappa shape index (κ1) is 21.0. The van der Waals surface area contributed by atoms with Crippen LogP contribution in [0.1, 0.15) is 0 Å². The van der Waals surface area contributed by atoms with Crippen molar-refractivity contribution in [2.45, 2.75) is 5.16 Å². The van der Waals surface area contributed by atoms with Crippen LogP contribution in [0.25, 0.3) is 16.4 Å². The Kier molecular flexibility index (Phi) is 6.31. The highest BCUT2D eigenvalue weighted by Crippen LogP contribution is 2.31. The standard InChI is InChI=1S/C20H14ClN5O3S2/c21-13-8-9-15(16(11-13)26(28)29)22-18(27)12-31-20-24-23-19(17-7-4-10-30-17)25(20)14-5-2-1-3-6-14/h1-11H,12H2,(H,22,27). The van der Waals surface area contributed by atoms with E-state index < -0.39 is 10.8 Å². The predicted molar refractivity (Wildman–Crippen MR) is 122 cm³/mol. The van der Waals surface area contributed by atoms with Crippen LogP contribution in [0.2, 0.25) is 5.02 Å². The Morgan fingerprint density at radius 3 is 2.68 bits per heavy atom. The van der Waals surface area contributed by atoms with Crippen LogP contribution in [0, 0.1) is 10.1 Å². The number of para-hydroxylation sites is 1. The summed E-state index contributed by atoms with van der Waals surface area (Å²) in [6.45, 7) is 0. The highest BCUT2D eigenvalue weighted by atomic mass is 35.5. The Morgan fingerprint density at radius 2 is 1.97 bits per heavy atom. The normalized spacial score (nSPS) is 10.7. The van der Waals surface area contributed by atoms with Gasteiger partial charge in [0.25, 0.3) is 5.69 Å². The number of carbonyl (C=O) groups is 1. The maximum absolute atomic E-state index is 12.5. The van der Waals surface area contributed by atoms with Crippen molar-refractivity contribution in [1.82, 2.24) is 14.8 Å². The highest BCUT2D eigenvalue weighted by molar-refractivity contribution is 7.99. The monoisotopic (exact) mass is 471 g/mol. The Hall–Kier alpha value is -3.21. The summed E-state index contributed by atoms with van der Waals surface area (Å²) in [6.07, 6.45) is 0. The molecule has 0 aliphatic rings. The Balaban J connectivity index is 1.56. The number of benzene rings is 2. The first-order chi connectivity index (χ1) is 15.0. The molecular weight excluding hydrogens is 458 g/mol. The minimum atomic E-state index is -0.589. The van der Waals surface area contributed by atoms with Crippen molar-refractivity contribution in [3.05, 3.63) is 81.2 Å². The minimum Gasteiger partial charge on any atom is -0.320 e. The van der Waals surface area contributed by atoms with E-state index in [1.807, 2.05) is 52.4 Å². The summed E-state index contributed by atoms with van der Waals surface area (Å²) in [5, 5.41) is 25.1. The third-order valence-electron chi connectivity index (χ3n) is 4.15. The largest absolute Gasteiger partial charge is 0.320 e. The summed E-state index contributed by atoms with van der Waals surface area (Å²) >= 11 is 8.55. The number of nitrogens with zero attached hydrogens (tertiary/aromatic N) is 4. The average Bonchev–Trinajstić information content (AvgIpc) is 3.43. The number of anilines is 1. The van der Waals surface area contributed by atoms with Crippen LogP contribution in [-0.4, -0.2) is 31.3 Å². The number of nitrogens with one attached hydrogen (secondary N) is 1. The van der Waals surface area contributed by atoms with Crippen LogP contribution in [0.5, 0.6) is 0 Å². The summed E-state index contributed by atoms with van der Waals surface area (Å²) < 4.78 is 1.88. The molecule has 0 spiro atoms. The molecular formula is C20H14ClN5O3S2. The van der Waals surface area contributed by atoms with Crippen molar-refractivity contribution >= 4 is 52.0 Å². The van der Waals surface area contributed by atoms with Gasteiger partial charge in [0.2, 0.25) is 5.91 Å². The van der Waals surface area contributed by atoms with Gasteiger partial charge in [-0.25, -0.2) is 0 Å². The van der Waals surface area contributed by atoms with Gasteiger partial charge in [0, 0.05) is 16.8 Å². The maximum Gasteiger partial charge on any atom is 0.294 e. The van der Waals surface area contributed by atoms with Crippen molar-refractivity contribution in [2.75, 3.05) is 11.1 Å². The number of amides is 1. The van der Waals surface area contributed by atoms with E-state index >= 15 is 0 Å². The molecule has 0 fully saturated rings. The molecule has 0 saturated heterocycles. The molecule has 1 N–H and O–H groups in total. The lowest BCUT2D eigenvalue weighted by Gasteiger charge is -2.10. The number of thiophene rings is 1. The van der Waals surface area contributed by atoms with Crippen LogP contribution in [-0.2, 0) is 4.79 Å². The van der Waals surface area contributed by atoms with Gasteiger partial charge < -0.3 is 5.32 Å². The minimum absolute atomic E-state index is 0.00477. The number of thioether (sulfide) groups is 1. The van der Waals surface area contributed by atoms with Crippen molar-refractivity contribution in [3.8, 4) is 16.4 Å². The Bertz CT molecular complexity index is 1230. The fourth-order valence-electron chi connectivity index (χ4n) is 2.82. The molecule has 2 aromatic heterocycles. The predicted octanol–water partition coefficient (Wildman–Crippen LogP) is 5.29. The fourth-order valence-corrected chi connectivity index (χ4v) is 4.43. The second-order valence-corrected chi connectivity index (χ2v) is 8.54. The molecule has 0 bridgehead atoms. The van der Waals surface area contributed by atoms with Gasteiger partial charge in [-0.05, 0) is 35.7 Å². The smallest absolute Gasteiger partial charge is 0.294 e. The van der Waals surface area contributed by atoms with Gasteiger partial charge in [-0.3, -0.25) is 19.5 Å². The summed E-state index contributed by atoms with van der Waals surface area (Å²) in [7, 11) is 0. The zero-order valence-electron chi connectivity index (χ0n) is 15.8. The van der Waals surface area contributed by atoms with E-state index in [9.17, 15) is 14.9 Å². The van der Waals surface area contributed by atoms with Crippen LogP contribution in [0.4, 0.5) is 11.4 Å². The topological polar surface area (TPSA) is 103 Å². The van der Waals surface area contributed by atoms with Gasteiger partial charge >= 0.3 is 0 Å². The SMILES string of the molecule is O=C(CSc1nnc(-c2cccs2)n1-c1ccccc1)Nc1ccc(Cl)cc1[N+](=O)[O-]. The number of nitro groups is 1. The first-order valence-electron chi connectivity index (χ1n) is 8.94. The van der Waals surface area contributed by atoms with Gasteiger partial charge in [0.1, 0.15) is 5.69 Å². The van der Waals surface area contributed by atoms with E-state index in [-0.39, 0.29) is 22.2 Å². The molecule has 0 atom stereocenters. The summed E-state index contributed by atoms with van der Waals surface area (Å²) in [4.78, 5) is 24.1. The number of carbonyl (C=O) groups excluding carboxylic acids is 1. The number of hydrogen-bond acceptors (Lipinski definition) is 7. The molecule has 8 nitrogen and oxygen atoms in total. The van der Waals surface area contributed by atoms with Crippen LogP contribution < -0.4 is 5.32 Å². The van der Waals surface area contributed by atoms with E-state index in [1.165, 1.54) is 30.0 Å². The fraction of sp³-hybridized carbons (Fsp3) is 0.0500. The van der Waals surface area contributed by atoms with Gasteiger partial charge in [-0.1, -0.05) is 47.6 Å². The molecule has 11 heteroatoms. The van der Waals surface area contributed by atoms with E-state index in [0.717, 1.165) is 10.6 Å². The van der Waals surface area contributed by atoms with Gasteiger partial charge in [-0.2, -0.15) is 0 Å². The van der Waals surface area contributed by atoms with Crippen molar-refractivity contribution < 1.29 is 9.72 Å². The molecule has 0 unspecified atom stereocenters. The molecule has 2 heterocycles. The Morgan fingerprint density at radius 1 is 1.16 bits per heavy atom. The molecule has 0 aliphatic heterocycles. The molecule has 4 aromatic rings. The summed E-state index contributed by atoms with van der Waals surface area (Å²) in [5.74, 6) is 0.267. The molecule has 156 valence electrons. The molecule has 1 amide bonds. The molecule has 4 rings (SSSR count). The number of aromatic nitrogens is 3. The second-order valence-electron chi connectivity index (χ2n) is 6.21. The molecule has 31 heavy (non-hydrogen) atoms. The maximum atomic E-state index is 12.5. The number of rotatable bonds is 7. The summed E-state index contributed by atoms with van der Waals surface area (Å²) in [5.41, 5.74) is 0.689. The highest BCUT2D eigenvalue weighted by Gasteiger charge is 2.20. The zero-order chi connectivity index (χ0) is 21.8. The van der Waals surface area contributed by atoms with Crippen molar-refractivity contribution in [3.63, 3.8) is 0 Å².